The van der Waals surface area contributed by atoms with Crippen LogP contribution in [0, 0.1) is 0 Å². The molecule has 1 aromatic carbocycles. The van der Waals surface area contributed by atoms with Crippen molar-refractivity contribution in [1.29, 1.82) is 0 Å². The molecule has 0 spiro atoms. The molecule has 114 valence electrons. The highest BCUT2D eigenvalue weighted by Crippen LogP contribution is 2.29. The van der Waals surface area contributed by atoms with Crippen molar-refractivity contribution in [3.8, 4) is 5.75 Å². The first-order chi connectivity index (χ1) is 9.20. The molecule has 0 saturated carbocycles. The Bertz CT molecular complexity index is 402. The van der Waals surface area contributed by atoms with Crippen LogP contribution in [0.3, 0.4) is 0 Å². The number of piperazine rings is 1. The molecule has 0 amide bonds. The standard InChI is InChI=1S/C13H18F2N2O2.ClH/c1-18-6-7-19-11-5-3-2-4-10(11)17-8-12(14)16-13(15)9-17;/h2-5,12-13,16H,6-9H2,1H3;1H. The van der Waals surface area contributed by atoms with Crippen molar-refractivity contribution in [2.24, 2.45) is 0 Å². The number of para-hydroxylation sites is 2. The number of nitrogens with zero attached hydrogens (tertiary/aromatic N) is 1. The largest absolute Gasteiger partial charge is 0.489 e. The molecule has 2 rings (SSSR count). The number of alkyl halides is 2. The number of halogens is 3. The molecule has 1 N–H and O–H groups in total. The van der Waals surface area contributed by atoms with E-state index in [-0.39, 0.29) is 25.5 Å². The summed E-state index contributed by atoms with van der Waals surface area (Å²) in [6.07, 6.45) is -2.76. The van der Waals surface area contributed by atoms with Gasteiger partial charge >= 0.3 is 0 Å². The van der Waals surface area contributed by atoms with Gasteiger partial charge < -0.3 is 14.4 Å². The van der Waals surface area contributed by atoms with Crippen LogP contribution in [0.25, 0.3) is 0 Å². The SMILES string of the molecule is COCCOc1ccccc1N1CC(F)NC(F)C1.Cl. The summed E-state index contributed by atoms with van der Waals surface area (Å²) in [4.78, 5) is 1.65. The molecule has 1 aromatic rings. The number of hydrogen-bond acceptors (Lipinski definition) is 4. The first-order valence-corrected chi connectivity index (χ1v) is 6.20. The number of hydrogen-bond donors (Lipinski definition) is 1. The van der Waals surface area contributed by atoms with Gasteiger partial charge in [0, 0.05) is 7.11 Å². The predicted octanol–water partition coefficient (Wildman–Crippen LogP) is 2.13. The van der Waals surface area contributed by atoms with E-state index in [1.165, 1.54) is 0 Å². The molecule has 0 radical (unpaired) electrons. The summed E-state index contributed by atoms with van der Waals surface area (Å²) in [6, 6.07) is 7.23. The van der Waals surface area contributed by atoms with Crippen molar-refractivity contribution in [3.05, 3.63) is 24.3 Å². The summed E-state index contributed by atoms with van der Waals surface area (Å²) >= 11 is 0. The van der Waals surface area contributed by atoms with E-state index < -0.39 is 12.6 Å². The maximum atomic E-state index is 13.4. The summed E-state index contributed by atoms with van der Waals surface area (Å²) in [5.74, 6) is 0.612. The van der Waals surface area contributed by atoms with E-state index >= 15 is 0 Å². The van der Waals surface area contributed by atoms with Gasteiger partial charge in [-0.25, -0.2) is 8.78 Å². The van der Waals surface area contributed by atoms with Crippen LogP contribution in [0.4, 0.5) is 14.5 Å². The smallest absolute Gasteiger partial charge is 0.171 e. The molecule has 0 aliphatic carbocycles. The van der Waals surface area contributed by atoms with Crippen LogP contribution < -0.4 is 15.0 Å². The topological polar surface area (TPSA) is 33.7 Å². The molecule has 7 heteroatoms. The van der Waals surface area contributed by atoms with Crippen LogP contribution >= 0.6 is 12.4 Å². The monoisotopic (exact) mass is 308 g/mol. The van der Waals surface area contributed by atoms with E-state index in [4.69, 9.17) is 9.47 Å². The molecule has 4 nitrogen and oxygen atoms in total. The highest BCUT2D eigenvalue weighted by atomic mass is 35.5. The van der Waals surface area contributed by atoms with E-state index in [1.54, 1.807) is 24.1 Å². The van der Waals surface area contributed by atoms with Gasteiger partial charge in [0.1, 0.15) is 12.4 Å². The Morgan fingerprint density at radius 1 is 1.20 bits per heavy atom. The summed E-state index contributed by atoms with van der Waals surface area (Å²) in [5.41, 5.74) is 0.699. The molecule has 20 heavy (non-hydrogen) atoms. The van der Waals surface area contributed by atoms with Crippen LogP contribution in [0.1, 0.15) is 0 Å². The second-order valence-corrected chi connectivity index (χ2v) is 4.32. The van der Waals surface area contributed by atoms with Crippen molar-refractivity contribution >= 4 is 18.1 Å². The van der Waals surface area contributed by atoms with Crippen molar-refractivity contribution < 1.29 is 18.3 Å². The van der Waals surface area contributed by atoms with Gasteiger partial charge in [-0.15, -0.1) is 12.4 Å². The Morgan fingerprint density at radius 2 is 1.85 bits per heavy atom. The first-order valence-electron chi connectivity index (χ1n) is 6.20. The predicted molar refractivity (Wildman–Crippen MR) is 76.2 cm³/mol. The minimum absolute atomic E-state index is 0. The maximum absolute atomic E-state index is 13.4. The zero-order chi connectivity index (χ0) is 13.7. The maximum Gasteiger partial charge on any atom is 0.171 e. The number of rotatable bonds is 5. The summed E-state index contributed by atoms with van der Waals surface area (Å²) < 4.78 is 37.2. The number of nitrogens with one attached hydrogen (secondary N) is 1. The second-order valence-electron chi connectivity index (χ2n) is 4.32. The van der Waals surface area contributed by atoms with Crippen molar-refractivity contribution in [2.45, 2.75) is 12.6 Å². The third-order valence-corrected chi connectivity index (χ3v) is 2.87. The van der Waals surface area contributed by atoms with Crippen LogP contribution in [-0.4, -0.2) is 46.0 Å². The van der Waals surface area contributed by atoms with E-state index in [0.29, 0.717) is 24.7 Å². The van der Waals surface area contributed by atoms with Gasteiger partial charge in [-0.3, -0.25) is 5.32 Å². The Balaban J connectivity index is 0.00000200. The molecule has 1 aliphatic rings. The highest BCUT2D eigenvalue weighted by molar-refractivity contribution is 5.85. The lowest BCUT2D eigenvalue weighted by Gasteiger charge is -2.34. The lowest BCUT2D eigenvalue weighted by molar-refractivity contribution is 0.140. The average molecular weight is 309 g/mol. The first kappa shape index (κ1) is 16.9. The minimum atomic E-state index is -1.38. The van der Waals surface area contributed by atoms with Crippen LogP contribution in [0.2, 0.25) is 0 Å². The van der Waals surface area contributed by atoms with Gasteiger partial charge in [0.05, 0.1) is 25.4 Å². The molecule has 0 bridgehead atoms. The van der Waals surface area contributed by atoms with Crippen LogP contribution in [0.15, 0.2) is 24.3 Å². The van der Waals surface area contributed by atoms with Crippen LogP contribution in [0.5, 0.6) is 5.75 Å². The third-order valence-electron chi connectivity index (χ3n) is 2.87. The summed E-state index contributed by atoms with van der Waals surface area (Å²) in [5, 5.41) is 2.21. The number of ether oxygens (including phenoxy) is 2. The molecule has 1 heterocycles. The molecule has 2 atom stereocenters. The van der Waals surface area contributed by atoms with Gasteiger partial charge in [-0.2, -0.15) is 0 Å². The van der Waals surface area contributed by atoms with Gasteiger partial charge in [0.15, 0.2) is 12.6 Å². The molecule has 2 unspecified atom stereocenters. The summed E-state index contributed by atoms with van der Waals surface area (Å²) in [6.45, 7) is 1.07. The van der Waals surface area contributed by atoms with Crippen molar-refractivity contribution in [2.75, 3.05) is 38.3 Å². The molecular formula is C13H19ClF2N2O2. The minimum Gasteiger partial charge on any atom is -0.489 e. The molecule has 1 saturated heterocycles. The quantitative estimate of drug-likeness (QED) is 0.667. The fraction of sp³-hybridized carbons (Fsp3) is 0.538. The lowest BCUT2D eigenvalue weighted by Crippen LogP contribution is -2.53. The number of benzene rings is 1. The van der Waals surface area contributed by atoms with Gasteiger partial charge in [-0.1, -0.05) is 12.1 Å². The van der Waals surface area contributed by atoms with E-state index in [0.717, 1.165) is 0 Å². The Labute approximate surface area is 123 Å². The Hall–Kier alpha value is -1.11. The molecular weight excluding hydrogens is 290 g/mol. The average Bonchev–Trinajstić information content (AvgIpc) is 2.38. The highest BCUT2D eigenvalue weighted by Gasteiger charge is 2.27. The van der Waals surface area contributed by atoms with Gasteiger partial charge in [0.25, 0.3) is 0 Å². The number of methoxy groups -OCH3 is 1. The van der Waals surface area contributed by atoms with Gasteiger partial charge in [0.2, 0.25) is 0 Å². The van der Waals surface area contributed by atoms with Gasteiger partial charge in [-0.05, 0) is 12.1 Å². The number of anilines is 1. The zero-order valence-electron chi connectivity index (χ0n) is 11.2. The van der Waals surface area contributed by atoms with Crippen molar-refractivity contribution in [1.82, 2.24) is 5.32 Å². The van der Waals surface area contributed by atoms with E-state index in [1.807, 2.05) is 12.1 Å². The van der Waals surface area contributed by atoms with E-state index in [9.17, 15) is 8.78 Å². The Kier molecular flexibility index (Phi) is 6.98. The summed E-state index contributed by atoms with van der Waals surface area (Å²) in [7, 11) is 1.59. The second kappa shape index (κ2) is 8.24. The molecule has 1 aliphatic heterocycles. The Morgan fingerprint density at radius 3 is 2.50 bits per heavy atom. The zero-order valence-corrected chi connectivity index (χ0v) is 12.0. The normalized spacial score (nSPS) is 22.2. The third kappa shape index (κ3) is 4.47. The van der Waals surface area contributed by atoms with E-state index in [2.05, 4.69) is 5.32 Å². The van der Waals surface area contributed by atoms with Crippen molar-refractivity contribution in [3.63, 3.8) is 0 Å². The van der Waals surface area contributed by atoms with Crippen LogP contribution in [-0.2, 0) is 4.74 Å². The molecule has 0 aromatic heterocycles. The fourth-order valence-electron chi connectivity index (χ4n) is 2.04. The molecule has 1 fully saturated rings. The lowest BCUT2D eigenvalue weighted by atomic mass is 10.2. The fourth-order valence-corrected chi connectivity index (χ4v) is 2.04.